The minimum atomic E-state index is -1.52. The van der Waals surface area contributed by atoms with Gasteiger partial charge >= 0.3 is 0 Å². The summed E-state index contributed by atoms with van der Waals surface area (Å²) in [6, 6.07) is 4.34. The SMILES string of the molecule is CCCCCCCC[Si](CCCCCCCC)(CCCCCCCC)OCCC. The molecule has 0 spiro atoms. The quantitative estimate of drug-likeness (QED) is 0.110. The van der Waals surface area contributed by atoms with E-state index in [9.17, 15) is 0 Å². The van der Waals surface area contributed by atoms with Crippen LogP contribution in [0.1, 0.15) is 150 Å². The van der Waals surface area contributed by atoms with Crippen molar-refractivity contribution in [3.63, 3.8) is 0 Å². The topological polar surface area (TPSA) is 9.23 Å². The fourth-order valence-electron chi connectivity index (χ4n) is 4.59. The molecule has 0 saturated carbocycles. The Morgan fingerprint density at radius 3 is 1.00 bits per heavy atom. The summed E-state index contributed by atoms with van der Waals surface area (Å²) in [5.74, 6) is 0. The van der Waals surface area contributed by atoms with E-state index in [1.165, 1.54) is 140 Å². The zero-order chi connectivity index (χ0) is 21.5. The van der Waals surface area contributed by atoms with Crippen LogP contribution in [0.3, 0.4) is 0 Å². The van der Waals surface area contributed by atoms with Crippen LogP contribution in [-0.2, 0) is 4.43 Å². The first-order valence-electron chi connectivity index (χ1n) is 13.9. The standard InChI is InChI=1S/C27H58OSi/c1-5-9-12-15-18-21-25-29(28-24-8-4,26-22-19-16-13-10-6-2)27-23-20-17-14-11-7-3/h5-27H2,1-4H3. The average Bonchev–Trinajstić information content (AvgIpc) is 2.74. The van der Waals surface area contributed by atoms with Crippen molar-refractivity contribution in [2.24, 2.45) is 0 Å². The predicted octanol–water partition coefficient (Wildman–Crippen LogP) is 10.4. The summed E-state index contributed by atoms with van der Waals surface area (Å²) in [6.07, 6.45) is 26.8. The van der Waals surface area contributed by atoms with E-state index < -0.39 is 8.32 Å². The molecule has 0 radical (unpaired) electrons. The van der Waals surface area contributed by atoms with Crippen LogP contribution in [0.4, 0.5) is 0 Å². The van der Waals surface area contributed by atoms with E-state index in [4.69, 9.17) is 4.43 Å². The van der Waals surface area contributed by atoms with E-state index in [1.807, 2.05) is 0 Å². The van der Waals surface area contributed by atoms with Crippen molar-refractivity contribution in [1.82, 2.24) is 0 Å². The molecule has 0 aliphatic rings. The van der Waals surface area contributed by atoms with Crippen LogP contribution >= 0.6 is 0 Å². The molecule has 1 nitrogen and oxygen atoms in total. The fourth-order valence-corrected chi connectivity index (χ4v) is 9.10. The summed E-state index contributed by atoms with van der Waals surface area (Å²) >= 11 is 0. The Bertz CT molecular complexity index is 264. The second kappa shape index (κ2) is 22.9. The second-order valence-corrected chi connectivity index (χ2v) is 13.7. The van der Waals surface area contributed by atoms with Crippen LogP contribution < -0.4 is 0 Å². The van der Waals surface area contributed by atoms with Gasteiger partial charge in [0.25, 0.3) is 0 Å². The third-order valence-electron chi connectivity index (χ3n) is 6.57. The molecular weight excluding hydrogens is 368 g/mol. The van der Waals surface area contributed by atoms with Crippen LogP contribution in [0, 0.1) is 0 Å². The molecule has 2 heteroatoms. The summed E-state index contributed by atoms with van der Waals surface area (Å²) in [7, 11) is -1.52. The van der Waals surface area contributed by atoms with E-state index in [0.29, 0.717) is 0 Å². The molecule has 0 aliphatic heterocycles. The smallest absolute Gasteiger partial charge is 0.192 e. The highest BCUT2D eigenvalue weighted by Gasteiger charge is 2.33. The molecule has 0 fully saturated rings. The molecule has 0 aromatic heterocycles. The first kappa shape index (κ1) is 29.2. The maximum atomic E-state index is 6.80. The molecule has 0 bridgehead atoms. The number of hydrogen-bond donors (Lipinski definition) is 0. The zero-order valence-electron chi connectivity index (χ0n) is 21.2. The Labute approximate surface area is 187 Å². The van der Waals surface area contributed by atoms with Crippen LogP contribution in [-0.4, -0.2) is 14.9 Å². The highest BCUT2D eigenvalue weighted by Crippen LogP contribution is 2.31. The summed E-state index contributed by atoms with van der Waals surface area (Å²) in [5.41, 5.74) is 0. The first-order valence-corrected chi connectivity index (χ1v) is 16.4. The Morgan fingerprint density at radius 2 is 0.690 bits per heavy atom. The number of rotatable bonds is 24. The van der Waals surface area contributed by atoms with Crippen molar-refractivity contribution in [1.29, 1.82) is 0 Å². The second-order valence-electron chi connectivity index (χ2n) is 9.58. The molecule has 176 valence electrons. The van der Waals surface area contributed by atoms with E-state index in [2.05, 4.69) is 27.7 Å². The van der Waals surface area contributed by atoms with Crippen LogP contribution in [0.15, 0.2) is 0 Å². The van der Waals surface area contributed by atoms with Gasteiger partial charge in [0.05, 0.1) is 0 Å². The van der Waals surface area contributed by atoms with Crippen molar-refractivity contribution in [2.75, 3.05) is 6.61 Å². The lowest BCUT2D eigenvalue weighted by atomic mass is 10.1. The fraction of sp³-hybridized carbons (Fsp3) is 1.00. The molecule has 0 rings (SSSR count). The lowest BCUT2D eigenvalue weighted by Gasteiger charge is -2.32. The third-order valence-corrected chi connectivity index (χ3v) is 11.2. The zero-order valence-corrected chi connectivity index (χ0v) is 22.2. The lowest BCUT2D eigenvalue weighted by Crippen LogP contribution is -2.38. The van der Waals surface area contributed by atoms with Gasteiger partial charge in [-0.25, -0.2) is 0 Å². The Balaban J connectivity index is 4.52. The largest absolute Gasteiger partial charge is 0.417 e. The van der Waals surface area contributed by atoms with Crippen LogP contribution in [0.2, 0.25) is 18.1 Å². The van der Waals surface area contributed by atoms with Crippen molar-refractivity contribution in [2.45, 2.75) is 168 Å². The predicted molar refractivity (Wildman–Crippen MR) is 137 cm³/mol. The molecule has 0 atom stereocenters. The normalized spacial score (nSPS) is 12.0. The first-order chi connectivity index (χ1) is 14.2. The van der Waals surface area contributed by atoms with E-state index in [0.717, 1.165) is 6.61 Å². The summed E-state index contributed by atoms with van der Waals surface area (Å²) in [6.45, 7) is 10.3. The molecule has 0 aromatic carbocycles. The van der Waals surface area contributed by atoms with Crippen LogP contribution in [0.25, 0.3) is 0 Å². The van der Waals surface area contributed by atoms with Crippen molar-refractivity contribution >= 4 is 8.32 Å². The van der Waals surface area contributed by atoms with E-state index in [1.54, 1.807) is 0 Å². The minimum absolute atomic E-state index is 1.02. The van der Waals surface area contributed by atoms with Crippen molar-refractivity contribution in [3.05, 3.63) is 0 Å². The average molecular weight is 427 g/mol. The third kappa shape index (κ3) is 18.6. The molecule has 0 heterocycles. The summed E-state index contributed by atoms with van der Waals surface area (Å²) < 4.78 is 6.80. The van der Waals surface area contributed by atoms with Gasteiger partial charge in [-0.15, -0.1) is 0 Å². The highest BCUT2D eigenvalue weighted by atomic mass is 28.4. The molecular formula is C27H58OSi. The summed E-state index contributed by atoms with van der Waals surface area (Å²) in [5, 5.41) is 0. The van der Waals surface area contributed by atoms with Gasteiger partial charge in [-0.3, -0.25) is 0 Å². The van der Waals surface area contributed by atoms with Gasteiger partial charge in [-0.2, -0.15) is 0 Å². The van der Waals surface area contributed by atoms with Gasteiger partial charge < -0.3 is 4.43 Å². The Hall–Kier alpha value is 0.177. The Morgan fingerprint density at radius 1 is 0.379 bits per heavy atom. The van der Waals surface area contributed by atoms with Crippen molar-refractivity contribution in [3.8, 4) is 0 Å². The minimum Gasteiger partial charge on any atom is -0.417 e. The van der Waals surface area contributed by atoms with Gasteiger partial charge in [0.1, 0.15) is 0 Å². The van der Waals surface area contributed by atoms with E-state index in [-0.39, 0.29) is 0 Å². The maximum Gasteiger partial charge on any atom is 0.192 e. The molecule has 0 N–H and O–H groups in total. The molecule has 0 aliphatic carbocycles. The van der Waals surface area contributed by atoms with Gasteiger partial charge in [-0.05, 0) is 24.6 Å². The molecule has 0 saturated heterocycles. The molecule has 0 amide bonds. The van der Waals surface area contributed by atoms with Gasteiger partial charge in [0.15, 0.2) is 8.32 Å². The molecule has 29 heavy (non-hydrogen) atoms. The Kier molecular flexibility index (Phi) is 23.0. The summed E-state index contributed by atoms with van der Waals surface area (Å²) in [4.78, 5) is 0. The number of unbranched alkanes of at least 4 members (excludes halogenated alkanes) is 15. The molecule has 0 aromatic rings. The number of hydrogen-bond acceptors (Lipinski definition) is 1. The highest BCUT2D eigenvalue weighted by molar-refractivity contribution is 6.73. The van der Waals surface area contributed by atoms with Gasteiger partial charge in [0.2, 0.25) is 0 Å². The lowest BCUT2D eigenvalue weighted by molar-refractivity contribution is 0.292. The monoisotopic (exact) mass is 426 g/mol. The van der Waals surface area contributed by atoms with Gasteiger partial charge in [0, 0.05) is 6.61 Å². The van der Waals surface area contributed by atoms with Gasteiger partial charge in [-0.1, -0.05) is 143 Å². The van der Waals surface area contributed by atoms with Crippen LogP contribution in [0.5, 0.6) is 0 Å². The molecule has 0 unspecified atom stereocenters. The van der Waals surface area contributed by atoms with Crippen molar-refractivity contribution < 1.29 is 4.43 Å². The maximum absolute atomic E-state index is 6.80. The van der Waals surface area contributed by atoms with E-state index >= 15 is 0 Å².